The molecule has 0 bridgehead atoms. The Balaban J connectivity index is 1.46. The SMILES string of the molecule is CNc1cc(CCN2C(=O)CO[C@H]2c2cn(-c3ccc(F)cc3)nc2-c2ccc(F)cc2)ccc1NC=O. The van der Waals surface area contributed by atoms with Crippen LogP contribution in [-0.2, 0) is 20.7 Å². The summed E-state index contributed by atoms with van der Waals surface area (Å²) in [5.74, 6) is -0.910. The second-order valence-electron chi connectivity index (χ2n) is 8.75. The third-order valence-electron chi connectivity index (χ3n) is 6.39. The highest BCUT2D eigenvalue weighted by Gasteiger charge is 2.36. The topological polar surface area (TPSA) is 88.5 Å². The van der Waals surface area contributed by atoms with E-state index in [0.717, 1.165) is 11.3 Å². The highest BCUT2D eigenvalue weighted by Crippen LogP contribution is 2.35. The van der Waals surface area contributed by atoms with Crippen molar-refractivity contribution >= 4 is 23.7 Å². The van der Waals surface area contributed by atoms with Crippen LogP contribution in [0.2, 0.25) is 0 Å². The number of aromatic nitrogens is 2. The average Bonchev–Trinajstić information content (AvgIpc) is 3.52. The summed E-state index contributed by atoms with van der Waals surface area (Å²) in [4.78, 5) is 25.4. The van der Waals surface area contributed by atoms with E-state index in [1.54, 1.807) is 53.2 Å². The molecule has 194 valence electrons. The molecule has 4 aromatic rings. The number of benzene rings is 3. The first-order valence-corrected chi connectivity index (χ1v) is 12.0. The van der Waals surface area contributed by atoms with Gasteiger partial charge in [-0.25, -0.2) is 13.5 Å². The highest BCUT2D eigenvalue weighted by atomic mass is 19.1. The lowest BCUT2D eigenvalue weighted by Gasteiger charge is -2.23. The molecule has 38 heavy (non-hydrogen) atoms. The number of carbonyl (C=O) groups is 2. The Kier molecular flexibility index (Phi) is 7.14. The molecule has 1 fully saturated rings. The van der Waals surface area contributed by atoms with E-state index in [2.05, 4.69) is 10.6 Å². The molecule has 0 radical (unpaired) electrons. The zero-order valence-corrected chi connectivity index (χ0v) is 20.5. The third kappa shape index (κ3) is 5.12. The summed E-state index contributed by atoms with van der Waals surface area (Å²) in [5.41, 5.74) is 4.82. The van der Waals surface area contributed by atoms with Crippen molar-refractivity contribution in [2.45, 2.75) is 12.6 Å². The Morgan fingerprint density at radius 1 is 1.03 bits per heavy atom. The lowest BCUT2D eigenvalue weighted by atomic mass is 10.1. The maximum absolute atomic E-state index is 13.6. The van der Waals surface area contributed by atoms with Crippen molar-refractivity contribution < 1.29 is 23.1 Å². The predicted octanol–water partition coefficient (Wildman–Crippen LogP) is 4.53. The van der Waals surface area contributed by atoms with Crippen LogP contribution in [0, 0.1) is 11.6 Å². The van der Waals surface area contributed by atoms with Gasteiger partial charge >= 0.3 is 0 Å². The fraction of sp³-hybridized carbons (Fsp3) is 0.179. The number of halogens is 2. The molecule has 1 aromatic heterocycles. The molecule has 5 rings (SSSR count). The van der Waals surface area contributed by atoms with E-state index in [1.165, 1.54) is 24.3 Å². The van der Waals surface area contributed by atoms with E-state index < -0.39 is 6.23 Å². The van der Waals surface area contributed by atoms with E-state index in [9.17, 15) is 18.4 Å². The summed E-state index contributed by atoms with van der Waals surface area (Å²) in [7, 11) is 1.76. The van der Waals surface area contributed by atoms with Crippen LogP contribution in [0.3, 0.4) is 0 Å². The number of rotatable bonds is 9. The third-order valence-corrected chi connectivity index (χ3v) is 6.39. The molecule has 0 unspecified atom stereocenters. The van der Waals surface area contributed by atoms with E-state index in [0.29, 0.717) is 47.6 Å². The Morgan fingerprint density at radius 2 is 1.74 bits per heavy atom. The monoisotopic (exact) mass is 517 g/mol. The summed E-state index contributed by atoms with van der Waals surface area (Å²) in [6, 6.07) is 17.4. The first-order valence-electron chi connectivity index (χ1n) is 12.0. The fourth-order valence-corrected chi connectivity index (χ4v) is 4.47. The van der Waals surface area contributed by atoms with Crippen molar-refractivity contribution in [1.82, 2.24) is 14.7 Å². The Labute approximate surface area is 217 Å². The summed E-state index contributed by atoms with van der Waals surface area (Å²) in [6.45, 7) is 0.289. The number of ether oxygens (including phenoxy) is 1. The van der Waals surface area contributed by atoms with Crippen LogP contribution < -0.4 is 10.6 Å². The van der Waals surface area contributed by atoms with Crippen molar-refractivity contribution in [3.05, 3.63) is 95.7 Å². The summed E-state index contributed by atoms with van der Waals surface area (Å²) < 4.78 is 34.7. The molecule has 3 aromatic carbocycles. The molecule has 0 saturated carbocycles. The summed E-state index contributed by atoms with van der Waals surface area (Å²) >= 11 is 0. The molecule has 0 aliphatic carbocycles. The van der Waals surface area contributed by atoms with Gasteiger partial charge in [-0.3, -0.25) is 9.59 Å². The minimum Gasteiger partial charge on any atom is -0.386 e. The number of amides is 2. The maximum Gasteiger partial charge on any atom is 0.250 e. The van der Waals surface area contributed by atoms with Gasteiger partial charge < -0.3 is 20.3 Å². The molecular formula is C28H25F2N5O3. The smallest absolute Gasteiger partial charge is 0.250 e. The zero-order chi connectivity index (χ0) is 26.6. The van der Waals surface area contributed by atoms with Crippen LogP contribution in [0.4, 0.5) is 20.2 Å². The van der Waals surface area contributed by atoms with Gasteiger partial charge in [-0.2, -0.15) is 5.10 Å². The number of hydrogen-bond acceptors (Lipinski definition) is 5. The van der Waals surface area contributed by atoms with Gasteiger partial charge in [0.2, 0.25) is 6.41 Å². The molecule has 2 amide bonds. The van der Waals surface area contributed by atoms with Gasteiger partial charge in [-0.15, -0.1) is 0 Å². The number of anilines is 2. The summed E-state index contributed by atoms with van der Waals surface area (Å²) in [5, 5.41) is 10.4. The maximum atomic E-state index is 13.6. The quantitative estimate of drug-likeness (QED) is 0.319. The molecule has 1 aliphatic rings. The van der Waals surface area contributed by atoms with E-state index in [1.807, 2.05) is 12.1 Å². The molecule has 2 heterocycles. The predicted molar refractivity (Wildman–Crippen MR) is 139 cm³/mol. The van der Waals surface area contributed by atoms with Crippen LogP contribution in [0.15, 0.2) is 72.9 Å². The van der Waals surface area contributed by atoms with E-state index >= 15 is 0 Å². The molecule has 2 N–H and O–H groups in total. The normalized spacial score (nSPS) is 15.1. The van der Waals surface area contributed by atoms with Gasteiger partial charge in [0.25, 0.3) is 5.91 Å². The van der Waals surface area contributed by atoms with Gasteiger partial charge in [0.05, 0.1) is 17.1 Å². The Hall–Kier alpha value is -4.57. The average molecular weight is 518 g/mol. The number of carbonyl (C=O) groups excluding carboxylic acids is 2. The minimum atomic E-state index is -0.712. The van der Waals surface area contributed by atoms with Crippen LogP contribution in [0.5, 0.6) is 0 Å². The van der Waals surface area contributed by atoms with Crippen molar-refractivity contribution in [3.63, 3.8) is 0 Å². The van der Waals surface area contributed by atoms with Crippen LogP contribution >= 0.6 is 0 Å². The van der Waals surface area contributed by atoms with Crippen molar-refractivity contribution in [1.29, 1.82) is 0 Å². The van der Waals surface area contributed by atoms with Gasteiger partial charge in [-0.1, -0.05) is 6.07 Å². The Bertz CT molecular complexity index is 1450. The summed E-state index contributed by atoms with van der Waals surface area (Å²) in [6.07, 6.45) is 2.20. The molecular weight excluding hydrogens is 492 g/mol. The van der Waals surface area contributed by atoms with Gasteiger partial charge in [0.1, 0.15) is 23.9 Å². The Morgan fingerprint density at radius 3 is 2.42 bits per heavy atom. The largest absolute Gasteiger partial charge is 0.386 e. The minimum absolute atomic E-state index is 0.0841. The van der Waals surface area contributed by atoms with Crippen molar-refractivity contribution in [2.75, 3.05) is 30.8 Å². The number of hydrogen-bond donors (Lipinski definition) is 2. The van der Waals surface area contributed by atoms with Crippen molar-refractivity contribution in [2.24, 2.45) is 0 Å². The number of nitrogens with zero attached hydrogens (tertiary/aromatic N) is 3. The van der Waals surface area contributed by atoms with Gasteiger partial charge in [-0.05, 0) is 72.6 Å². The fourth-order valence-electron chi connectivity index (χ4n) is 4.47. The van der Waals surface area contributed by atoms with Gasteiger partial charge in [0, 0.05) is 30.9 Å². The van der Waals surface area contributed by atoms with Crippen molar-refractivity contribution in [3.8, 4) is 16.9 Å². The first-order chi connectivity index (χ1) is 18.5. The van der Waals surface area contributed by atoms with Crippen LogP contribution in [0.25, 0.3) is 16.9 Å². The second-order valence-corrected chi connectivity index (χ2v) is 8.75. The van der Waals surface area contributed by atoms with Crippen LogP contribution in [-0.4, -0.2) is 47.2 Å². The van der Waals surface area contributed by atoms with E-state index in [4.69, 9.17) is 9.84 Å². The first kappa shape index (κ1) is 25.1. The molecule has 0 spiro atoms. The lowest BCUT2D eigenvalue weighted by Crippen LogP contribution is -2.30. The number of nitrogens with one attached hydrogen (secondary N) is 2. The molecule has 1 aliphatic heterocycles. The van der Waals surface area contributed by atoms with Gasteiger partial charge in [0.15, 0.2) is 6.23 Å². The zero-order valence-electron chi connectivity index (χ0n) is 20.5. The second kappa shape index (κ2) is 10.8. The standard InChI is InChI=1S/C28H25F2N5O3/c1-31-25-14-18(2-11-24(25)32-17-36)12-13-34-26(37)16-38-28(34)23-15-35(22-9-7-21(30)8-10-22)33-27(23)19-3-5-20(29)6-4-19/h2-11,14-15,17,28,31H,12-13,16H2,1H3,(H,32,36)/t28-/m0/s1. The molecule has 10 heteroatoms. The lowest BCUT2D eigenvalue weighted by molar-refractivity contribution is -0.128. The molecule has 1 saturated heterocycles. The highest BCUT2D eigenvalue weighted by molar-refractivity contribution is 5.81. The molecule has 1 atom stereocenters. The molecule has 8 nitrogen and oxygen atoms in total. The van der Waals surface area contributed by atoms with Crippen LogP contribution in [0.1, 0.15) is 17.4 Å². The van der Waals surface area contributed by atoms with E-state index in [-0.39, 0.29) is 24.1 Å².